The molecule has 3 unspecified atom stereocenters. The highest BCUT2D eigenvalue weighted by Crippen LogP contribution is 2.40. The summed E-state index contributed by atoms with van der Waals surface area (Å²) < 4.78 is 5.09. The van der Waals surface area contributed by atoms with Crippen LogP contribution in [0.4, 0.5) is 10.5 Å². The van der Waals surface area contributed by atoms with E-state index in [1.165, 1.54) is 0 Å². The second-order valence-electron chi connectivity index (χ2n) is 6.27. The maximum absolute atomic E-state index is 12.7. The maximum Gasteiger partial charge on any atom is 0.326 e. The first kappa shape index (κ1) is 15.6. The molecule has 2 N–H and O–H groups in total. The van der Waals surface area contributed by atoms with E-state index in [1.54, 1.807) is 36.3 Å². The van der Waals surface area contributed by atoms with Crippen LogP contribution in [0.1, 0.15) is 32.1 Å². The van der Waals surface area contributed by atoms with E-state index >= 15 is 0 Å². The molecule has 0 bridgehead atoms. The van der Waals surface area contributed by atoms with Crippen LogP contribution in [-0.4, -0.2) is 41.2 Å². The first-order chi connectivity index (χ1) is 11.1. The lowest BCUT2D eigenvalue weighted by Gasteiger charge is -2.32. The minimum absolute atomic E-state index is 0.0445. The van der Waals surface area contributed by atoms with E-state index in [1.807, 2.05) is 0 Å². The molecule has 1 saturated heterocycles. The van der Waals surface area contributed by atoms with E-state index in [2.05, 4.69) is 5.32 Å². The van der Waals surface area contributed by atoms with Crippen molar-refractivity contribution in [3.8, 4) is 5.75 Å². The molecule has 6 heteroatoms. The van der Waals surface area contributed by atoms with Crippen LogP contribution in [0.15, 0.2) is 24.3 Å². The molecule has 1 saturated carbocycles. The molecule has 6 nitrogen and oxygen atoms in total. The lowest BCUT2D eigenvalue weighted by molar-refractivity contribution is -0.141. The van der Waals surface area contributed by atoms with E-state index < -0.39 is 12.0 Å². The van der Waals surface area contributed by atoms with Crippen molar-refractivity contribution in [2.75, 3.05) is 12.4 Å². The van der Waals surface area contributed by atoms with Crippen molar-refractivity contribution in [3.05, 3.63) is 24.3 Å². The van der Waals surface area contributed by atoms with Gasteiger partial charge in [-0.1, -0.05) is 12.8 Å². The van der Waals surface area contributed by atoms with Gasteiger partial charge in [-0.2, -0.15) is 0 Å². The number of nitrogens with zero attached hydrogens (tertiary/aromatic N) is 1. The number of hydrogen-bond donors (Lipinski definition) is 2. The standard InChI is InChI=1S/C17H22N2O4/c1-23-13-8-6-12(7-9-13)18-17(22)19-14-5-3-2-4-11(14)10-15(19)16(20)21/h6-9,11,14-15H,2-5,10H2,1H3,(H,18,22)(H,20,21). The van der Waals surface area contributed by atoms with Gasteiger partial charge >= 0.3 is 12.0 Å². The van der Waals surface area contributed by atoms with Gasteiger partial charge in [-0.25, -0.2) is 9.59 Å². The molecule has 2 fully saturated rings. The van der Waals surface area contributed by atoms with Crippen LogP contribution in [0, 0.1) is 5.92 Å². The third kappa shape index (κ3) is 3.11. The summed E-state index contributed by atoms with van der Waals surface area (Å²) in [7, 11) is 1.58. The fraction of sp³-hybridized carbons (Fsp3) is 0.529. The molecule has 1 aliphatic heterocycles. The van der Waals surface area contributed by atoms with Crippen molar-refractivity contribution in [1.82, 2.24) is 4.90 Å². The molecule has 1 aliphatic carbocycles. The zero-order valence-electron chi connectivity index (χ0n) is 13.2. The largest absolute Gasteiger partial charge is 0.497 e. The number of carboxylic acid groups (broad SMARTS) is 1. The number of carbonyl (C=O) groups is 2. The Morgan fingerprint density at radius 1 is 1.22 bits per heavy atom. The summed E-state index contributed by atoms with van der Waals surface area (Å²) in [4.78, 5) is 25.8. The van der Waals surface area contributed by atoms with Crippen LogP contribution in [-0.2, 0) is 4.79 Å². The second-order valence-corrected chi connectivity index (χ2v) is 6.27. The molecule has 1 heterocycles. The molecule has 1 aromatic carbocycles. The number of methoxy groups -OCH3 is 1. The average Bonchev–Trinajstić information content (AvgIpc) is 2.95. The maximum atomic E-state index is 12.7. The van der Waals surface area contributed by atoms with Crippen LogP contribution < -0.4 is 10.1 Å². The van der Waals surface area contributed by atoms with E-state index in [-0.39, 0.29) is 12.1 Å². The number of urea groups is 1. The summed E-state index contributed by atoms with van der Waals surface area (Å²) in [5.41, 5.74) is 0.638. The number of nitrogens with one attached hydrogen (secondary N) is 1. The van der Waals surface area contributed by atoms with Crippen molar-refractivity contribution in [3.63, 3.8) is 0 Å². The molecule has 0 spiro atoms. The zero-order valence-corrected chi connectivity index (χ0v) is 13.2. The number of likely N-dealkylation sites (tertiary alicyclic amines) is 1. The predicted octanol–water partition coefficient (Wildman–Crippen LogP) is 2.94. The molecule has 0 radical (unpaired) electrons. The fourth-order valence-electron chi connectivity index (χ4n) is 3.84. The third-order valence-corrected chi connectivity index (χ3v) is 4.95. The van der Waals surface area contributed by atoms with Gasteiger partial charge in [-0.3, -0.25) is 0 Å². The van der Waals surface area contributed by atoms with Crippen molar-refractivity contribution < 1.29 is 19.4 Å². The summed E-state index contributed by atoms with van der Waals surface area (Å²) in [6.07, 6.45) is 4.66. The van der Waals surface area contributed by atoms with Gasteiger partial charge in [0.25, 0.3) is 0 Å². The Bertz CT molecular complexity index is 587. The van der Waals surface area contributed by atoms with Gasteiger partial charge in [0, 0.05) is 11.7 Å². The number of anilines is 1. The molecular formula is C17H22N2O4. The van der Waals surface area contributed by atoms with Gasteiger partial charge in [0.05, 0.1) is 7.11 Å². The van der Waals surface area contributed by atoms with E-state index in [0.29, 0.717) is 23.8 Å². The Morgan fingerprint density at radius 3 is 2.57 bits per heavy atom. The van der Waals surface area contributed by atoms with E-state index in [9.17, 15) is 14.7 Å². The van der Waals surface area contributed by atoms with E-state index in [0.717, 1.165) is 25.7 Å². The minimum Gasteiger partial charge on any atom is -0.497 e. The highest BCUT2D eigenvalue weighted by molar-refractivity contribution is 5.93. The molecule has 3 atom stereocenters. The predicted molar refractivity (Wildman–Crippen MR) is 85.6 cm³/mol. The summed E-state index contributed by atoms with van der Waals surface area (Å²) >= 11 is 0. The molecule has 1 aromatic rings. The van der Waals surface area contributed by atoms with Crippen molar-refractivity contribution in [2.45, 2.75) is 44.2 Å². The Kier molecular flexibility index (Phi) is 4.41. The zero-order chi connectivity index (χ0) is 16.4. The Balaban J connectivity index is 1.76. The van der Waals surface area contributed by atoms with Crippen molar-refractivity contribution in [2.24, 2.45) is 5.92 Å². The molecule has 23 heavy (non-hydrogen) atoms. The molecule has 124 valence electrons. The normalized spacial score (nSPS) is 26.5. The monoisotopic (exact) mass is 318 g/mol. The summed E-state index contributed by atoms with van der Waals surface area (Å²) in [6.45, 7) is 0. The Labute approximate surface area is 135 Å². The number of hydrogen-bond acceptors (Lipinski definition) is 3. The summed E-state index contributed by atoms with van der Waals surface area (Å²) in [5, 5.41) is 12.3. The average molecular weight is 318 g/mol. The number of carbonyl (C=O) groups excluding carboxylic acids is 1. The molecule has 2 aliphatic rings. The topological polar surface area (TPSA) is 78.9 Å². The van der Waals surface area contributed by atoms with Crippen LogP contribution in [0.3, 0.4) is 0 Å². The highest BCUT2D eigenvalue weighted by Gasteiger charge is 2.47. The number of aliphatic carboxylic acids is 1. The van der Waals surface area contributed by atoms with Crippen LogP contribution >= 0.6 is 0 Å². The third-order valence-electron chi connectivity index (χ3n) is 4.95. The second kappa shape index (κ2) is 6.48. The van der Waals surface area contributed by atoms with Crippen LogP contribution in [0.2, 0.25) is 0 Å². The van der Waals surface area contributed by atoms with Crippen LogP contribution in [0.25, 0.3) is 0 Å². The van der Waals surface area contributed by atoms with Crippen molar-refractivity contribution in [1.29, 1.82) is 0 Å². The van der Waals surface area contributed by atoms with Gasteiger partial charge < -0.3 is 20.1 Å². The lowest BCUT2D eigenvalue weighted by atomic mass is 9.85. The number of rotatable bonds is 3. The first-order valence-corrected chi connectivity index (χ1v) is 8.06. The Hall–Kier alpha value is -2.24. The fourth-order valence-corrected chi connectivity index (χ4v) is 3.84. The van der Waals surface area contributed by atoms with Gasteiger partial charge in [-0.05, 0) is 49.4 Å². The van der Waals surface area contributed by atoms with E-state index in [4.69, 9.17) is 4.74 Å². The quantitative estimate of drug-likeness (QED) is 0.898. The van der Waals surface area contributed by atoms with Gasteiger partial charge in [0.1, 0.15) is 11.8 Å². The summed E-state index contributed by atoms with van der Waals surface area (Å²) in [6, 6.07) is 6.03. The first-order valence-electron chi connectivity index (χ1n) is 8.06. The lowest BCUT2D eigenvalue weighted by Crippen LogP contribution is -2.48. The Morgan fingerprint density at radius 2 is 1.91 bits per heavy atom. The highest BCUT2D eigenvalue weighted by atomic mass is 16.5. The number of carboxylic acids is 1. The van der Waals surface area contributed by atoms with Gasteiger partial charge in [-0.15, -0.1) is 0 Å². The number of fused-ring (bicyclic) bond motifs is 1. The molecule has 3 rings (SSSR count). The smallest absolute Gasteiger partial charge is 0.326 e. The van der Waals surface area contributed by atoms with Crippen LogP contribution in [0.5, 0.6) is 5.75 Å². The number of amides is 2. The SMILES string of the molecule is COc1ccc(NC(=O)N2C(C(=O)O)CC3CCCCC32)cc1. The molecule has 2 amide bonds. The van der Waals surface area contributed by atoms with Crippen molar-refractivity contribution >= 4 is 17.7 Å². The van der Waals surface area contributed by atoms with Gasteiger partial charge in [0.2, 0.25) is 0 Å². The number of benzene rings is 1. The molecular weight excluding hydrogens is 296 g/mol. The van der Waals surface area contributed by atoms with Gasteiger partial charge in [0.15, 0.2) is 0 Å². The number of ether oxygens (including phenoxy) is 1. The summed E-state index contributed by atoms with van der Waals surface area (Å²) in [5.74, 6) is 0.107. The molecule has 0 aromatic heterocycles. The minimum atomic E-state index is -0.913.